The lowest BCUT2D eigenvalue weighted by atomic mass is 9.84. The van der Waals surface area contributed by atoms with Gasteiger partial charge in [-0.1, -0.05) is 24.3 Å². The number of carbonyl (C=O) groups is 1. The van der Waals surface area contributed by atoms with Gasteiger partial charge in [-0.25, -0.2) is 0 Å². The molecule has 144 valence electrons. The van der Waals surface area contributed by atoms with Crippen molar-refractivity contribution in [2.45, 2.75) is 31.2 Å². The number of pyridine rings is 1. The fourth-order valence-electron chi connectivity index (χ4n) is 4.24. The number of rotatable bonds is 4. The van der Waals surface area contributed by atoms with Crippen LogP contribution >= 0.6 is 0 Å². The van der Waals surface area contributed by atoms with Gasteiger partial charge in [0.15, 0.2) is 0 Å². The standard InChI is InChI=1S/C22H23N3O3/c26-21(19-12-24-20-7-2-1-6-18(19)20)25-14-22(15-25)11-17(8-10-28-22)27-13-16-5-3-4-9-23-16/h1-7,9,12,17,24H,8,10-11,13-15H2/t17-/m0/s1. The van der Waals surface area contributed by atoms with Crippen LogP contribution in [-0.4, -0.2) is 52.2 Å². The summed E-state index contributed by atoms with van der Waals surface area (Å²) in [6, 6.07) is 13.7. The van der Waals surface area contributed by atoms with Gasteiger partial charge in [-0.15, -0.1) is 0 Å². The monoisotopic (exact) mass is 377 g/mol. The zero-order chi connectivity index (χ0) is 19.0. The van der Waals surface area contributed by atoms with Crippen molar-refractivity contribution < 1.29 is 14.3 Å². The molecule has 1 spiro atoms. The molecule has 2 aliphatic heterocycles. The maximum atomic E-state index is 12.9. The molecule has 5 rings (SSSR count). The number of fused-ring (bicyclic) bond motifs is 1. The van der Waals surface area contributed by atoms with Crippen LogP contribution in [0.1, 0.15) is 28.9 Å². The van der Waals surface area contributed by atoms with Gasteiger partial charge in [-0.05, 0) is 24.6 Å². The van der Waals surface area contributed by atoms with Crippen molar-refractivity contribution in [3.8, 4) is 0 Å². The number of amides is 1. The van der Waals surface area contributed by atoms with Crippen molar-refractivity contribution in [2.24, 2.45) is 0 Å². The molecule has 0 radical (unpaired) electrons. The first kappa shape index (κ1) is 17.4. The lowest BCUT2D eigenvalue weighted by Gasteiger charge is -2.53. The van der Waals surface area contributed by atoms with E-state index in [1.54, 1.807) is 12.4 Å². The molecule has 28 heavy (non-hydrogen) atoms. The molecule has 2 aromatic heterocycles. The Bertz CT molecular complexity index is 979. The van der Waals surface area contributed by atoms with Crippen LogP contribution in [0.4, 0.5) is 0 Å². The first-order valence-electron chi connectivity index (χ1n) is 9.73. The summed E-state index contributed by atoms with van der Waals surface area (Å²) in [5, 5.41) is 0.967. The minimum Gasteiger partial charge on any atom is -0.372 e. The number of hydrogen-bond acceptors (Lipinski definition) is 4. The molecule has 6 nitrogen and oxygen atoms in total. The Morgan fingerprint density at radius 2 is 2.11 bits per heavy atom. The highest BCUT2D eigenvalue weighted by molar-refractivity contribution is 6.07. The normalized spacial score (nSPS) is 21.0. The van der Waals surface area contributed by atoms with Crippen LogP contribution in [-0.2, 0) is 16.1 Å². The van der Waals surface area contributed by atoms with Crippen molar-refractivity contribution in [2.75, 3.05) is 19.7 Å². The molecular weight excluding hydrogens is 354 g/mol. The Morgan fingerprint density at radius 3 is 2.96 bits per heavy atom. The molecule has 1 N–H and O–H groups in total. The molecule has 1 amide bonds. The molecular formula is C22H23N3O3. The van der Waals surface area contributed by atoms with Crippen molar-refractivity contribution in [1.82, 2.24) is 14.9 Å². The highest BCUT2D eigenvalue weighted by Crippen LogP contribution is 2.36. The number of aromatic nitrogens is 2. The number of carbonyl (C=O) groups excluding carboxylic acids is 1. The summed E-state index contributed by atoms with van der Waals surface area (Å²) < 4.78 is 12.1. The van der Waals surface area contributed by atoms with Crippen LogP contribution in [0, 0.1) is 0 Å². The summed E-state index contributed by atoms with van der Waals surface area (Å²) in [6.07, 6.45) is 5.42. The SMILES string of the molecule is O=C(c1c[nH]c2ccccc12)N1CC2(C[C@@H](OCc3ccccn3)CCO2)C1. The Kier molecular flexibility index (Phi) is 4.37. The number of nitrogens with one attached hydrogen (secondary N) is 1. The third-order valence-electron chi connectivity index (χ3n) is 5.71. The molecule has 0 unspecified atom stereocenters. The zero-order valence-electron chi connectivity index (χ0n) is 15.6. The minimum atomic E-state index is -0.269. The average molecular weight is 377 g/mol. The molecule has 4 heterocycles. The van der Waals surface area contributed by atoms with E-state index in [4.69, 9.17) is 9.47 Å². The zero-order valence-corrected chi connectivity index (χ0v) is 15.6. The first-order valence-corrected chi connectivity index (χ1v) is 9.73. The number of H-pyrrole nitrogens is 1. The van der Waals surface area contributed by atoms with Crippen molar-refractivity contribution >= 4 is 16.8 Å². The second kappa shape index (κ2) is 7.04. The van der Waals surface area contributed by atoms with Crippen molar-refractivity contribution in [3.63, 3.8) is 0 Å². The van der Waals surface area contributed by atoms with E-state index in [0.717, 1.165) is 35.0 Å². The number of benzene rings is 1. The molecule has 2 fully saturated rings. The maximum Gasteiger partial charge on any atom is 0.256 e. The molecule has 3 aromatic rings. The van der Waals surface area contributed by atoms with E-state index < -0.39 is 0 Å². The second-order valence-corrected chi connectivity index (χ2v) is 7.69. The third kappa shape index (κ3) is 3.19. The summed E-state index contributed by atoms with van der Waals surface area (Å²) in [5.41, 5.74) is 2.38. The van der Waals surface area contributed by atoms with E-state index in [-0.39, 0.29) is 17.6 Å². The van der Waals surface area contributed by atoms with E-state index in [1.807, 2.05) is 47.4 Å². The van der Waals surface area contributed by atoms with E-state index in [9.17, 15) is 4.79 Å². The Hall–Kier alpha value is -2.70. The first-order chi connectivity index (χ1) is 13.7. The fourth-order valence-corrected chi connectivity index (χ4v) is 4.24. The number of aromatic amines is 1. The molecule has 0 aliphatic carbocycles. The van der Waals surface area contributed by atoms with Gasteiger partial charge in [0, 0.05) is 36.3 Å². The predicted octanol–water partition coefficient (Wildman–Crippen LogP) is 3.15. The predicted molar refractivity (Wildman–Crippen MR) is 105 cm³/mol. The lowest BCUT2D eigenvalue weighted by Crippen LogP contribution is -2.67. The Morgan fingerprint density at radius 1 is 1.25 bits per heavy atom. The molecule has 0 saturated carbocycles. The fraction of sp³-hybridized carbons (Fsp3) is 0.364. The van der Waals surface area contributed by atoms with Gasteiger partial charge in [0.05, 0.1) is 37.1 Å². The van der Waals surface area contributed by atoms with E-state index in [1.165, 1.54) is 0 Å². The van der Waals surface area contributed by atoms with E-state index >= 15 is 0 Å². The minimum absolute atomic E-state index is 0.0585. The number of hydrogen-bond donors (Lipinski definition) is 1. The maximum absolute atomic E-state index is 12.9. The average Bonchev–Trinajstić information content (AvgIpc) is 3.15. The summed E-state index contributed by atoms with van der Waals surface area (Å²) in [7, 11) is 0. The van der Waals surface area contributed by atoms with E-state index in [0.29, 0.717) is 26.3 Å². The molecule has 0 bridgehead atoms. The lowest BCUT2D eigenvalue weighted by molar-refractivity contribution is -0.188. The molecule has 1 atom stereocenters. The highest BCUT2D eigenvalue weighted by Gasteiger charge is 2.49. The van der Waals surface area contributed by atoms with Crippen LogP contribution < -0.4 is 0 Å². The van der Waals surface area contributed by atoms with Crippen molar-refractivity contribution in [1.29, 1.82) is 0 Å². The smallest absolute Gasteiger partial charge is 0.256 e. The van der Waals surface area contributed by atoms with Crippen LogP contribution in [0.3, 0.4) is 0 Å². The third-order valence-corrected chi connectivity index (χ3v) is 5.71. The van der Waals surface area contributed by atoms with E-state index in [2.05, 4.69) is 9.97 Å². The van der Waals surface area contributed by atoms with Crippen LogP contribution in [0.5, 0.6) is 0 Å². The Labute approximate surface area is 163 Å². The van der Waals surface area contributed by atoms with Gasteiger partial charge in [0.2, 0.25) is 0 Å². The number of nitrogens with zero attached hydrogens (tertiary/aromatic N) is 2. The largest absolute Gasteiger partial charge is 0.372 e. The van der Waals surface area contributed by atoms with Gasteiger partial charge in [0.25, 0.3) is 5.91 Å². The van der Waals surface area contributed by atoms with Gasteiger partial charge >= 0.3 is 0 Å². The summed E-state index contributed by atoms with van der Waals surface area (Å²) in [4.78, 5) is 22.3. The van der Waals surface area contributed by atoms with Crippen molar-refractivity contribution in [3.05, 3.63) is 66.1 Å². The summed E-state index contributed by atoms with van der Waals surface area (Å²) in [6.45, 7) is 2.42. The molecule has 2 saturated heterocycles. The number of likely N-dealkylation sites (tertiary alicyclic amines) is 1. The van der Waals surface area contributed by atoms with Gasteiger partial charge in [-0.3, -0.25) is 9.78 Å². The summed E-state index contributed by atoms with van der Waals surface area (Å²) in [5.74, 6) is 0.0585. The van der Waals surface area contributed by atoms with Crippen LogP contribution in [0.15, 0.2) is 54.9 Å². The molecule has 2 aliphatic rings. The van der Waals surface area contributed by atoms with Gasteiger partial charge in [0.1, 0.15) is 5.60 Å². The highest BCUT2D eigenvalue weighted by atomic mass is 16.5. The summed E-state index contributed by atoms with van der Waals surface area (Å²) >= 11 is 0. The molecule has 1 aromatic carbocycles. The quantitative estimate of drug-likeness (QED) is 0.758. The van der Waals surface area contributed by atoms with Crippen LogP contribution in [0.2, 0.25) is 0 Å². The van der Waals surface area contributed by atoms with Crippen LogP contribution in [0.25, 0.3) is 10.9 Å². The number of ether oxygens (including phenoxy) is 2. The Balaban J connectivity index is 1.21. The second-order valence-electron chi connectivity index (χ2n) is 7.69. The van der Waals surface area contributed by atoms with Gasteiger partial charge in [-0.2, -0.15) is 0 Å². The van der Waals surface area contributed by atoms with Gasteiger partial charge < -0.3 is 19.4 Å². The topological polar surface area (TPSA) is 67.5 Å². The molecule has 6 heteroatoms. The number of para-hydroxylation sites is 1.